The van der Waals surface area contributed by atoms with Gasteiger partial charge in [0, 0.05) is 14.0 Å². The molecule has 1 heterocycles. The topological polar surface area (TPSA) is 99.5 Å². The van der Waals surface area contributed by atoms with E-state index in [1.165, 1.54) is 23.9 Å². The summed E-state index contributed by atoms with van der Waals surface area (Å²) in [6.07, 6.45) is -0.606. The molecule has 0 fully saturated rings. The van der Waals surface area contributed by atoms with Crippen LogP contribution >= 0.6 is 0 Å². The average molecular weight is 319 g/mol. The van der Waals surface area contributed by atoms with E-state index in [1.54, 1.807) is 30.3 Å². The van der Waals surface area contributed by atoms with Crippen molar-refractivity contribution in [2.24, 2.45) is 5.10 Å². The number of carbonyl (C=O) groups excluding carboxylic acids is 2. The minimum Gasteiger partial charge on any atom is -0.481 e. The Morgan fingerprint density at radius 1 is 1.26 bits per heavy atom. The largest absolute Gasteiger partial charge is 0.481 e. The van der Waals surface area contributed by atoms with Gasteiger partial charge < -0.3 is 14.7 Å². The second-order valence-corrected chi connectivity index (χ2v) is 5.06. The molecule has 2 rings (SSSR count). The number of carboxylic acid groups (broad SMARTS) is 1. The average Bonchev–Trinajstić information content (AvgIpc) is 2.81. The van der Waals surface area contributed by atoms with Gasteiger partial charge in [-0.05, 0) is 12.1 Å². The summed E-state index contributed by atoms with van der Waals surface area (Å²) in [5.41, 5.74) is -1.29. The van der Waals surface area contributed by atoms with Gasteiger partial charge in [-0.2, -0.15) is 0 Å². The number of ketones is 1. The molecule has 1 aromatic rings. The van der Waals surface area contributed by atoms with Crippen LogP contribution in [0.5, 0.6) is 0 Å². The number of hydrogen-bond acceptors (Lipinski definition) is 7. The molecule has 1 N–H and O–H groups in total. The molecule has 1 aliphatic rings. The van der Waals surface area contributed by atoms with Crippen LogP contribution in [0, 0.1) is 0 Å². The number of nitrogens with zero attached hydrogens (tertiary/aromatic N) is 3. The summed E-state index contributed by atoms with van der Waals surface area (Å²) in [6, 6.07) is 8.55. The Morgan fingerprint density at radius 2 is 1.87 bits per heavy atom. The van der Waals surface area contributed by atoms with Crippen molar-refractivity contribution in [1.82, 2.24) is 4.90 Å². The van der Waals surface area contributed by atoms with E-state index in [-0.39, 0.29) is 11.6 Å². The molecule has 0 saturated carbocycles. The number of hydrazone groups is 1. The monoisotopic (exact) mass is 319 g/mol. The lowest BCUT2D eigenvalue weighted by atomic mass is 10.0. The molecule has 0 spiro atoms. The SMILES string of the molecule is COC(=O)C1(CC(=O)O)N(C)C(C(C)=O)=NN1c1ccccc1. The van der Waals surface area contributed by atoms with Crippen molar-refractivity contribution in [2.45, 2.75) is 19.0 Å². The third kappa shape index (κ3) is 2.63. The summed E-state index contributed by atoms with van der Waals surface area (Å²) >= 11 is 0. The number of methoxy groups -OCH3 is 1. The summed E-state index contributed by atoms with van der Waals surface area (Å²) in [4.78, 5) is 36.9. The van der Waals surface area contributed by atoms with Crippen LogP contribution in [-0.2, 0) is 19.1 Å². The highest BCUT2D eigenvalue weighted by molar-refractivity contribution is 6.39. The third-order valence-corrected chi connectivity index (χ3v) is 3.64. The second-order valence-electron chi connectivity index (χ2n) is 5.06. The van der Waals surface area contributed by atoms with Gasteiger partial charge in [0.15, 0.2) is 11.6 Å². The molecule has 122 valence electrons. The lowest BCUT2D eigenvalue weighted by Gasteiger charge is -2.38. The van der Waals surface area contributed by atoms with Gasteiger partial charge in [-0.25, -0.2) is 9.80 Å². The summed E-state index contributed by atoms with van der Waals surface area (Å²) < 4.78 is 4.82. The fourth-order valence-electron chi connectivity index (χ4n) is 2.57. The zero-order valence-electron chi connectivity index (χ0n) is 13.0. The van der Waals surface area contributed by atoms with Gasteiger partial charge in [0.05, 0.1) is 12.8 Å². The van der Waals surface area contributed by atoms with E-state index in [0.717, 1.165) is 7.11 Å². The van der Waals surface area contributed by atoms with E-state index in [2.05, 4.69) is 5.10 Å². The molecule has 0 saturated heterocycles. The lowest BCUT2D eigenvalue weighted by molar-refractivity contribution is -0.157. The Kier molecular flexibility index (Phi) is 4.35. The molecule has 23 heavy (non-hydrogen) atoms. The van der Waals surface area contributed by atoms with Crippen molar-refractivity contribution >= 4 is 29.2 Å². The molecule has 8 nitrogen and oxygen atoms in total. The van der Waals surface area contributed by atoms with Gasteiger partial charge in [-0.1, -0.05) is 18.2 Å². The van der Waals surface area contributed by atoms with Gasteiger partial charge in [-0.15, -0.1) is 5.10 Å². The molecule has 8 heteroatoms. The fraction of sp³-hybridized carbons (Fsp3) is 0.333. The highest BCUT2D eigenvalue weighted by Gasteiger charge is 2.57. The van der Waals surface area contributed by atoms with Crippen LogP contribution in [0.1, 0.15) is 13.3 Å². The van der Waals surface area contributed by atoms with Crippen LogP contribution in [-0.4, -0.2) is 53.4 Å². The Bertz CT molecular complexity index is 673. The number of ether oxygens (including phenoxy) is 1. The van der Waals surface area contributed by atoms with Gasteiger partial charge in [-0.3, -0.25) is 9.59 Å². The molecule has 0 aromatic heterocycles. The first kappa shape index (κ1) is 16.5. The van der Waals surface area contributed by atoms with E-state index in [9.17, 15) is 19.5 Å². The molecule has 1 unspecified atom stereocenters. The number of esters is 1. The van der Waals surface area contributed by atoms with Gasteiger partial charge in [0.2, 0.25) is 5.66 Å². The van der Waals surface area contributed by atoms with E-state index in [4.69, 9.17) is 4.74 Å². The predicted molar refractivity (Wildman–Crippen MR) is 81.8 cm³/mol. The molecule has 1 aliphatic heterocycles. The summed E-state index contributed by atoms with van der Waals surface area (Å²) in [6.45, 7) is 1.30. The highest BCUT2D eigenvalue weighted by Crippen LogP contribution is 2.36. The minimum atomic E-state index is -1.76. The standard InChI is InChI=1S/C15H17N3O5/c1-10(19)13-16-18(11-7-5-4-6-8-11)15(17(13)2,9-12(20)21)14(22)23-3/h4-8H,9H2,1-3H3,(H,20,21). The molecule has 0 aliphatic carbocycles. The van der Waals surface area contributed by atoms with Gasteiger partial charge in [0.25, 0.3) is 0 Å². The molecule has 0 bridgehead atoms. The smallest absolute Gasteiger partial charge is 0.355 e. The van der Waals surface area contributed by atoms with Crippen LogP contribution < -0.4 is 5.01 Å². The van der Waals surface area contributed by atoms with Gasteiger partial charge >= 0.3 is 11.9 Å². The second kappa shape index (κ2) is 6.07. The molecule has 1 atom stereocenters. The Labute approximate surface area is 132 Å². The first-order valence-corrected chi connectivity index (χ1v) is 6.83. The van der Waals surface area contributed by atoms with E-state index in [0.29, 0.717) is 5.69 Å². The molecular formula is C15H17N3O5. The number of anilines is 1. The zero-order chi connectivity index (χ0) is 17.2. The first-order valence-electron chi connectivity index (χ1n) is 6.83. The number of carboxylic acids is 1. The number of benzene rings is 1. The number of para-hydroxylation sites is 1. The number of amidine groups is 1. The Morgan fingerprint density at radius 3 is 2.35 bits per heavy atom. The van der Waals surface area contributed by atoms with Crippen LogP contribution in [0.15, 0.2) is 35.4 Å². The highest BCUT2D eigenvalue weighted by atomic mass is 16.5. The minimum absolute atomic E-state index is 0.0134. The van der Waals surface area contributed by atoms with Crippen molar-refractivity contribution in [3.05, 3.63) is 30.3 Å². The first-order chi connectivity index (χ1) is 10.8. The normalized spacial score (nSPS) is 20.2. The molecule has 1 aromatic carbocycles. The Balaban J connectivity index is 2.66. The van der Waals surface area contributed by atoms with E-state index in [1.807, 2.05) is 0 Å². The maximum absolute atomic E-state index is 12.5. The lowest BCUT2D eigenvalue weighted by Crippen LogP contribution is -2.62. The molecule has 0 radical (unpaired) electrons. The summed E-state index contributed by atoms with van der Waals surface area (Å²) in [5.74, 6) is -2.43. The summed E-state index contributed by atoms with van der Waals surface area (Å²) in [5, 5.41) is 14.7. The number of hydrogen-bond donors (Lipinski definition) is 1. The van der Waals surface area contributed by atoms with Crippen molar-refractivity contribution < 1.29 is 24.2 Å². The maximum Gasteiger partial charge on any atom is 0.355 e. The van der Waals surface area contributed by atoms with Crippen LogP contribution in [0.4, 0.5) is 5.69 Å². The molecular weight excluding hydrogens is 302 g/mol. The van der Waals surface area contributed by atoms with Crippen molar-refractivity contribution in [1.29, 1.82) is 0 Å². The van der Waals surface area contributed by atoms with Crippen LogP contribution in [0.25, 0.3) is 0 Å². The zero-order valence-corrected chi connectivity index (χ0v) is 13.0. The van der Waals surface area contributed by atoms with Crippen molar-refractivity contribution in [3.63, 3.8) is 0 Å². The van der Waals surface area contributed by atoms with Crippen LogP contribution in [0.3, 0.4) is 0 Å². The number of aliphatic carboxylic acids is 1. The number of likely N-dealkylation sites (N-methyl/N-ethyl adjacent to an activating group) is 1. The number of carbonyl (C=O) groups is 3. The van der Waals surface area contributed by atoms with E-state index >= 15 is 0 Å². The number of rotatable bonds is 5. The Hall–Kier alpha value is -2.90. The molecule has 0 amide bonds. The van der Waals surface area contributed by atoms with Crippen molar-refractivity contribution in [2.75, 3.05) is 19.2 Å². The summed E-state index contributed by atoms with van der Waals surface area (Å²) in [7, 11) is 2.61. The predicted octanol–water partition coefficient (Wildman–Crippen LogP) is 0.685. The van der Waals surface area contributed by atoms with E-state index < -0.39 is 24.0 Å². The third-order valence-electron chi connectivity index (χ3n) is 3.64. The number of Topliss-reactive ketones (excluding diaryl/α,β-unsaturated/α-hetero) is 1. The quantitative estimate of drug-likeness (QED) is 0.797. The van der Waals surface area contributed by atoms with Crippen molar-refractivity contribution in [3.8, 4) is 0 Å². The maximum atomic E-state index is 12.5. The van der Waals surface area contributed by atoms with Crippen LogP contribution in [0.2, 0.25) is 0 Å². The van der Waals surface area contributed by atoms with Gasteiger partial charge in [0.1, 0.15) is 6.42 Å². The fourth-order valence-corrected chi connectivity index (χ4v) is 2.57.